The molecule has 1 heterocycles. The monoisotopic (exact) mass is 537 g/mol. The number of carboxylic acids is 1. The summed E-state index contributed by atoms with van der Waals surface area (Å²) in [6.45, 7) is 2.00. The number of anilines is 1. The van der Waals surface area contributed by atoms with E-state index in [4.69, 9.17) is 0 Å². The van der Waals surface area contributed by atoms with Gasteiger partial charge >= 0.3 is 11.7 Å². The first-order chi connectivity index (χ1) is 16.1. The Hall–Kier alpha value is -3.74. The van der Waals surface area contributed by atoms with E-state index in [-0.39, 0.29) is 22.4 Å². The van der Waals surface area contributed by atoms with Crippen LogP contribution in [0.2, 0.25) is 0 Å². The van der Waals surface area contributed by atoms with E-state index in [1.54, 1.807) is 6.20 Å². The molecular weight excluding hydrogens is 514 g/mol. The molecular formula is C21H24BrN5O7. The molecule has 13 heteroatoms. The molecule has 2 aromatic rings. The molecule has 1 atom stereocenters. The van der Waals surface area contributed by atoms with Crippen LogP contribution in [0, 0.1) is 17.0 Å². The van der Waals surface area contributed by atoms with Crippen LogP contribution in [0.1, 0.15) is 36.4 Å². The van der Waals surface area contributed by atoms with Gasteiger partial charge in [0.1, 0.15) is 5.82 Å². The number of nitrogens with one attached hydrogen (secondary N) is 3. The molecule has 0 spiro atoms. The van der Waals surface area contributed by atoms with Crippen molar-refractivity contribution in [3.8, 4) is 5.75 Å². The van der Waals surface area contributed by atoms with Gasteiger partial charge in [0.15, 0.2) is 5.75 Å². The lowest BCUT2D eigenvalue weighted by Gasteiger charge is -2.19. The topological polar surface area (TPSA) is 184 Å². The van der Waals surface area contributed by atoms with Crippen LogP contribution in [0.25, 0.3) is 0 Å². The number of carboxylic acid groups (broad SMARTS) is 1. The fourth-order valence-corrected chi connectivity index (χ4v) is 3.50. The van der Waals surface area contributed by atoms with Crippen LogP contribution in [0.5, 0.6) is 5.75 Å². The van der Waals surface area contributed by atoms with Gasteiger partial charge in [-0.25, -0.2) is 4.98 Å². The third-order valence-electron chi connectivity index (χ3n) is 4.62. The molecule has 0 radical (unpaired) electrons. The number of carbonyl (C=O) groups is 3. The number of aliphatic carboxylic acids is 1. The Morgan fingerprint density at radius 3 is 2.62 bits per heavy atom. The largest absolute Gasteiger partial charge is 0.502 e. The Kier molecular flexibility index (Phi) is 9.74. The number of aromatic hydroxyl groups is 1. The van der Waals surface area contributed by atoms with Crippen molar-refractivity contribution in [1.29, 1.82) is 0 Å². The van der Waals surface area contributed by atoms with Gasteiger partial charge < -0.3 is 26.2 Å². The number of pyridine rings is 1. The minimum Gasteiger partial charge on any atom is -0.502 e. The highest BCUT2D eigenvalue weighted by atomic mass is 79.9. The molecule has 0 fully saturated rings. The molecule has 5 N–H and O–H groups in total. The average molecular weight is 538 g/mol. The van der Waals surface area contributed by atoms with Crippen molar-refractivity contribution in [2.45, 2.75) is 32.2 Å². The van der Waals surface area contributed by atoms with Gasteiger partial charge in [-0.2, -0.15) is 0 Å². The molecule has 182 valence electrons. The van der Waals surface area contributed by atoms with Crippen molar-refractivity contribution in [3.05, 3.63) is 56.2 Å². The van der Waals surface area contributed by atoms with Gasteiger partial charge in [-0.15, -0.1) is 0 Å². The molecule has 0 bridgehead atoms. The van der Waals surface area contributed by atoms with Crippen molar-refractivity contribution in [2.24, 2.45) is 0 Å². The smallest absolute Gasteiger partial charge is 0.312 e. The van der Waals surface area contributed by atoms with Gasteiger partial charge in [-0.3, -0.25) is 24.5 Å². The van der Waals surface area contributed by atoms with Gasteiger partial charge in [-0.1, -0.05) is 15.9 Å². The average Bonchev–Trinajstić information content (AvgIpc) is 2.75. The molecule has 12 nitrogen and oxygen atoms in total. The fourth-order valence-electron chi connectivity index (χ4n) is 3.03. The zero-order valence-corrected chi connectivity index (χ0v) is 19.8. The van der Waals surface area contributed by atoms with Crippen LogP contribution in [0.15, 0.2) is 34.9 Å². The summed E-state index contributed by atoms with van der Waals surface area (Å²) >= 11 is 3.07. The normalized spacial score (nSPS) is 11.4. The van der Waals surface area contributed by atoms with Crippen LogP contribution < -0.4 is 16.0 Å². The first-order valence-corrected chi connectivity index (χ1v) is 11.0. The number of halogens is 1. The molecule has 34 heavy (non-hydrogen) atoms. The van der Waals surface area contributed by atoms with Crippen molar-refractivity contribution >= 4 is 45.2 Å². The van der Waals surface area contributed by atoms with E-state index in [0.717, 1.165) is 11.6 Å². The summed E-state index contributed by atoms with van der Waals surface area (Å²) in [5.74, 6) is -2.46. The van der Waals surface area contributed by atoms with E-state index in [2.05, 4.69) is 36.9 Å². The lowest BCUT2D eigenvalue weighted by atomic mass is 10.0. The molecule has 0 aliphatic carbocycles. The van der Waals surface area contributed by atoms with Gasteiger partial charge in [0, 0.05) is 35.3 Å². The van der Waals surface area contributed by atoms with E-state index < -0.39 is 47.2 Å². The zero-order valence-electron chi connectivity index (χ0n) is 18.2. The number of phenolic OH excluding ortho intramolecular Hbond substituents is 1. The van der Waals surface area contributed by atoms with Crippen LogP contribution in [-0.4, -0.2) is 51.0 Å². The Morgan fingerprint density at radius 1 is 1.24 bits per heavy atom. The lowest BCUT2D eigenvalue weighted by molar-refractivity contribution is -0.386. The summed E-state index contributed by atoms with van der Waals surface area (Å²) < 4.78 is 0.222. The molecule has 0 saturated carbocycles. The number of benzene rings is 1. The Morgan fingerprint density at radius 2 is 1.97 bits per heavy atom. The molecule has 0 aliphatic rings. The second kappa shape index (κ2) is 12.5. The van der Waals surface area contributed by atoms with Gasteiger partial charge in [-0.05, 0) is 37.1 Å². The number of nitrogens with zero attached hydrogens (tertiary/aromatic N) is 2. The predicted molar refractivity (Wildman–Crippen MR) is 125 cm³/mol. The highest BCUT2D eigenvalue weighted by molar-refractivity contribution is 9.10. The SMILES string of the molecule is Cc1ccnc(NCCCC(=O)NCC(=O)NC(CC(=O)O)c2cc(Br)cc([N+](=O)[O-])c2O)c1. The summed E-state index contributed by atoms with van der Waals surface area (Å²) in [5, 5.41) is 38.5. The summed E-state index contributed by atoms with van der Waals surface area (Å²) in [6.07, 6.45) is 1.66. The van der Waals surface area contributed by atoms with E-state index in [1.807, 2.05) is 19.1 Å². The highest BCUT2D eigenvalue weighted by Gasteiger charge is 2.27. The number of nitro benzene ring substituents is 1. The Balaban J connectivity index is 1.90. The Labute approximate surface area is 203 Å². The minimum absolute atomic E-state index is 0.140. The molecule has 0 saturated heterocycles. The first kappa shape index (κ1) is 26.5. The third kappa shape index (κ3) is 8.31. The van der Waals surface area contributed by atoms with Crippen molar-refractivity contribution in [3.63, 3.8) is 0 Å². The van der Waals surface area contributed by atoms with Crippen molar-refractivity contribution in [2.75, 3.05) is 18.4 Å². The number of amides is 2. The number of aryl methyl sites for hydroxylation is 1. The standard InChI is InChI=1S/C21H24BrN5O7/c1-12-4-6-24-17(7-12)23-5-2-3-18(28)25-11-19(29)26-15(10-20(30)31)14-8-13(22)9-16(21(14)32)27(33)34/h4,6-9,15,32H,2-3,5,10-11H2,1H3,(H,23,24)(H,25,28)(H,26,29)(H,30,31). The maximum absolute atomic E-state index is 12.3. The van der Waals surface area contributed by atoms with Crippen molar-refractivity contribution in [1.82, 2.24) is 15.6 Å². The number of aromatic nitrogens is 1. The molecule has 0 aliphatic heterocycles. The lowest BCUT2D eigenvalue weighted by Crippen LogP contribution is -2.39. The van der Waals surface area contributed by atoms with E-state index in [9.17, 15) is 34.7 Å². The van der Waals surface area contributed by atoms with Crippen molar-refractivity contribution < 1.29 is 29.5 Å². The number of hydrogen-bond acceptors (Lipinski definition) is 8. The quantitative estimate of drug-likeness (QED) is 0.154. The molecule has 1 unspecified atom stereocenters. The van der Waals surface area contributed by atoms with Crippen LogP contribution in [-0.2, 0) is 14.4 Å². The van der Waals surface area contributed by atoms with Crippen LogP contribution in [0.3, 0.4) is 0 Å². The van der Waals surface area contributed by atoms with E-state index in [0.29, 0.717) is 18.8 Å². The number of rotatable bonds is 12. The third-order valence-corrected chi connectivity index (χ3v) is 5.08. The minimum atomic E-state index is -1.30. The Bertz CT molecular complexity index is 1080. The maximum atomic E-state index is 12.3. The number of hydrogen-bond donors (Lipinski definition) is 5. The highest BCUT2D eigenvalue weighted by Crippen LogP contribution is 2.37. The number of nitro groups is 1. The van der Waals surface area contributed by atoms with E-state index >= 15 is 0 Å². The summed E-state index contributed by atoms with van der Waals surface area (Å²) in [4.78, 5) is 50.0. The zero-order chi connectivity index (χ0) is 25.3. The fraction of sp³-hybridized carbons (Fsp3) is 0.333. The number of carbonyl (C=O) groups excluding carboxylic acids is 2. The van der Waals surface area contributed by atoms with Gasteiger partial charge in [0.05, 0.1) is 23.9 Å². The molecule has 2 rings (SSSR count). The first-order valence-electron chi connectivity index (χ1n) is 10.2. The molecule has 2 amide bonds. The van der Waals surface area contributed by atoms with Crippen LogP contribution in [0.4, 0.5) is 11.5 Å². The second-order valence-corrected chi connectivity index (χ2v) is 8.28. The van der Waals surface area contributed by atoms with E-state index in [1.165, 1.54) is 6.07 Å². The second-order valence-electron chi connectivity index (χ2n) is 7.36. The van der Waals surface area contributed by atoms with Gasteiger partial charge in [0.25, 0.3) is 0 Å². The number of phenols is 1. The molecule has 1 aromatic heterocycles. The van der Waals surface area contributed by atoms with Gasteiger partial charge in [0.2, 0.25) is 11.8 Å². The summed E-state index contributed by atoms with van der Waals surface area (Å²) in [7, 11) is 0. The molecule has 1 aromatic carbocycles. The summed E-state index contributed by atoms with van der Waals surface area (Å²) in [5.41, 5.74) is 0.268. The predicted octanol–water partition coefficient (Wildman–Crippen LogP) is 2.41. The maximum Gasteiger partial charge on any atom is 0.312 e. The summed E-state index contributed by atoms with van der Waals surface area (Å²) in [6, 6.07) is 4.82. The van der Waals surface area contributed by atoms with Crippen LogP contribution >= 0.6 is 15.9 Å².